The Kier molecular flexibility index (Phi) is 11.0. The Labute approximate surface area is 304 Å². The molecule has 0 saturated carbocycles. The summed E-state index contributed by atoms with van der Waals surface area (Å²) in [5.74, 6) is -0.174. The first-order valence-electron chi connectivity index (χ1n) is 16.9. The molecule has 3 N–H and O–H groups in total. The van der Waals surface area contributed by atoms with Crippen LogP contribution in [-0.2, 0) is 43.6 Å². The second kappa shape index (κ2) is 16.3. The van der Waals surface area contributed by atoms with Gasteiger partial charge in [0.2, 0.25) is 5.91 Å². The molecule has 2 fully saturated rings. The van der Waals surface area contributed by atoms with Gasteiger partial charge < -0.3 is 24.6 Å². The summed E-state index contributed by atoms with van der Waals surface area (Å²) in [5, 5.41) is 19.6. The molecule has 7 rings (SSSR count). The van der Waals surface area contributed by atoms with Crippen LogP contribution in [0.15, 0.2) is 115 Å². The Bertz CT molecular complexity index is 1980. The molecular weight excluding hydrogens is 683 g/mol. The van der Waals surface area contributed by atoms with Crippen LogP contribution in [0.4, 0.5) is 4.79 Å². The van der Waals surface area contributed by atoms with Gasteiger partial charge in [-0.25, -0.2) is 9.78 Å². The summed E-state index contributed by atoms with van der Waals surface area (Å²) < 4.78 is 18.2. The zero-order valence-corrected chi connectivity index (χ0v) is 28.9. The Balaban J connectivity index is 0.995. The topological polar surface area (TPSA) is 156 Å². The average Bonchev–Trinajstić information content (AvgIpc) is 3.81. The summed E-state index contributed by atoms with van der Waals surface area (Å²) in [6.07, 6.45) is 0.304. The summed E-state index contributed by atoms with van der Waals surface area (Å²) in [6, 6.07) is 31.6. The van der Waals surface area contributed by atoms with E-state index in [1.165, 1.54) is 23.0 Å². The Morgan fingerprint density at radius 3 is 2.42 bits per heavy atom. The number of likely N-dealkylation sites (tertiary alicyclic amines) is 1. The van der Waals surface area contributed by atoms with Gasteiger partial charge in [0.1, 0.15) is 19.0 Å². The molecule has 52 heavy (non-hydrogen) atoms. The molecule has 0 spiro atoms. The lowest BCUT2D eigenvalue weighted by Gasteiger charge is -2.36. The van der Waals surface area contributed by atoms with E-state index in [1.54, 1.807) is 0 Å². The lowest BCUT2D eigenvalue weighted by Crippen LogP contribution is -2.41. The predicted molar refractivity (Wildman–Crippen MR) is 191 cm³/mol. The summed E-state index contributed by atoms with van der Waals surface area (Å²) >= 11 is 1.54. The number of hydrogen-bond donors (Lipinski definition) is 3. The van der Waals surface area contributed by atoms with Gasteiger partial charge in [-0.2, -0.15) is 5.10 Å². The maximum atomic E-state index is 13.1. The molecule has 1 unspecified atom stereocenters. The minimum absolute atomic E-state index is 0.0242. The number of alkyl carbamates (subject to hydrolysis) is 1. The van der Waals surface area contributed by atoms with Gasteiger partial charge in [0.05, 0.1) is 31.8 Å². The lowest BCUT2D eigenvalue weighted by atomic mass is 9.99. The molecule has 12 nitrogen and oxygen atoms in total. The predicted octanol–water partition coefficient (Wildman–Crippen LogP) is 5.86. The normalized spacial score (nSPS) is 20.2. The molecule has 5 aromatic rings. The summed E-state index contributed by atoms with van der Waals surface area (Å²) in [6.45, 7) is 0.118. The number of thioether (sulfide) groups is 1. The fourth-order valence-electron chi connectivity index (χ4n) is 6.19. The first-order valence-corrected chi connectivity index (χ1v) is 17.9. The van der Waals surface area contributed by atoms with E-state index >= 15 is 0 Å². The molecule has 0 bridgehead atoms. The van der Waals surface area contributed by atoms with Crippen molar-refractivity contribution in [2.24, 2.45) is 0 Å². The van der Waals surface area contributed by atoms with Crippen LogP contribution in [0.3, 0.4) is 0 Å². The number of nitrogens with zero attached hydrogens (tertiary/aromatic N) is 3. The third-order valence-corrected chi connectivity index (χ3v) is 9.96. The van der Waals surface area contributed by atoms with Crippen molar-refractivity contribution in [1.29, 1.82) is 0 Å². The van der Waals surface area contributed by atoms with Crippen molar-refractivity contribution in [1.82, 2.24) is 25.4 Å². The van der Waals surface area contributed by atoms with E-state index in [2.05, 4.69) is 20.5 Å². The number of ether oxygens (including phenoxy) is 3. The first-order chi connectivity index (χ1) is 25.4. The minimum atomic E-state index is -0.976. The zero-order valence-electron chi connectivity index (χ0n) is 28.1. The number of aliphatic hydroxyl groups is 1. The summed E-state index contributed by atoms with van der Waals surface area (Å²) in [7, 11) is 0. The largest absolute Gasteiger partial charge is 0.445 e. The van der Waals surface area contributed by atoms with E-state index < -0.39 is 24.3 Å². The summed E-state index contributed by atoms with van der Waals surface area (Å²) in [4.78, 5) is 43.7. The smallest absolute Gasteiger partial charge is 0.408 e. The standard InChI is InChI=1S/C39H37N5O7S/c45-21-25-9-11-29(12-10-25)34-18-32(23-52-38-40-24-41-43-38)50-37(51-34)30-15-13-28(14-16-30)31-8-4-7-27(17-31)20-44-35(46)19-33(36(44)47)42-39(48)49-22-26-5-2-1-3-6-26/h1-17,24,32-34,37,45H,18-23H2,(H,42,48)(H,40,41,43)/t32-,33?,34+,37+/m0/s1. The molecule has 1 aromatic heterocycles. The van der Waals surface area contributed by atoms with Crippen LogP contribution >= 0.6 is 11.8 Å². The second-order valence-electron chi connectivity index (χ2n) is 12.6. The highest BCUT2D eigenvalue weighted by Gasteiger charge is 2.40. The number of H-pyrrole nitrogens is 1. The average molecular weight is 720 g/mol. The van der Waals surface area contributed by atoms with Crippen molar-refractivity contribution in [3.8, 4) is 11.1 Å². The number of nitrogens with one attached hydrogen (secondary N) is 2. The molecule has 0 aliphatic carbocycles. The molecule has 3 heterocycles. The molecule has 13 heteroatoms. The second-order valence-corrected chi connectivity index (χ2v) is 13.6. The molecule has 3 amide bonds. The van der Waals surface area contributed by atoms with Crippen LogP contribution < -0.4 is 5.32 Å². The molecule has 4 atom stereocenters. The summed E-state index contributed by atoms with van der Waals surface area (Å²) in [5.41, 5.74) is 6.15. The highest BCUT2D eigenvalue weighted by atomic mass is 32.2. The van der Waals surface area contributed by atoms with E-state index in [9.17, 15) is 19.5 Å². The highest BCUT2D eigenvalue weighted by molar-refractivity contribution is 7.99. The number of benzene rings is 4. The van der Waals surface area contributed by atoms with Crippen LogP contribution in [0.1, 0.15) is 53.1 Å². The molecule has 2 aliphatic heterocycles. The number of rotatable bonds is 12. The minimum Gasteiger partial charge on any atom is -0.445 e. The molecule has 4 aromatic carbocycles. The number of imide groups is 1. The zero-order chi connectivity index (χ0) is 35.9. The van der Waals surface area contributed by atoms with Crippen molar-refractivity contribution in [3.05, 3.63) is 137 Å². The van der Waals surface area contributed by atoms with Gasteiger partial charge in [-0.15, -0.1) is 0 Å². The fourth-order valence-corrected chi connectivity index (χ4v) is 6.99. The van der Waals surface area contributed by atoms with Crippen molar-refractivity contribution >= 4 is 29.7 Å². The Morgan fingerprint density at radius 1 is 0.904 bits per heavy atom. The molecule has 266 valence electrons. The number of hydrogen-bond acceptors (Lipinski definition) is 10. The number of carbonyl (C=O) groups excluding carboxylic acids is 3. The number of amides is 3. The van der Waals surface area contributed by atoms with Crippen LogP contribution in [0.25, 0.3) is 11.1 Å². The van der Waals surface area contributed by atoms with Gasteiger partial charge in [-0.1, -0.05) is 109 Å². The van der Waals surface area contributed by atoms with Crippen LogP contribution in [0, 0.1) is 0 Å². The lowest BCUT2D eigenvalue weighted by molar-refractivity contribution is -0.245. The third-order valence-electron chi connectivity index (χ3n) is 8.95. The number of carbonyl (C=O) groups is 3. The van der Waals surface area contributed by atoms with Crippen molar-refractivity contribution in [2.45, 2.75) is 62.3 Å². The van der Waals surface area contributed by atoms with Crippen LogP contribution in [0.2, 0.25) is 0 Å². The molecular formula is C39H37N5O7S. The quantitative estimate of drug-likeness (QED) is 0.106. The van der Waals surface area contributed by atoms with E-state index in [0.29, 0.717) is 12.2 Å². The van der Waals surface area contributed by atoms with Gasteiger partial charge in [0.15, 0.2) is 11.4 Å². The van der Waals surface area contributed by atoms with Crippen LogP contribution in [0.5, 0.6) is 0 Å². The third kappa shape index (κ3) is 8.57. The van der Waals surface area contributed by atoms with Crippen molar-refractivity contribution < 1.29 is 33.7 Å². The maximum Gasteiger partial charge on any atom is 0.408 e. The van der Waals surface area contributed by atoms with Gasteiger partial charge in [-0.3, -0.25) is 19.6 Å². The van der Waals surface area contributed by atoms with Crippen molar-refractivity contribution in [3.63, 3.8) is 0 Å². The van der Waals surface area contributed by atoms with Gasteiger partial charge >= 0.3 is 6.09 Å². The fraction of sp³-hybridized carbons (Fsp3) is 0.256. The van der Waals surface area contributed by atoms with Gasteiger partial charge in [0, 0.05) is 17.7 Å². The monoisotopic (exact) mass is 719 g/mol. The van der Waals surface area contributed by atoms with E-state index in [-0.39, 0.29) is 44.3 Å². The van der Waals surface area contributed by atoms with Gasteiger partial charge in [0.25, 0.3) is 5.91 Å². The van der Waals surface area contributed by atoms with E-state index in [1.807, 2.05) is 103 Å². The Hall–Kier alpha value is -5.34. The van der Waals surface area contributed by atoms with Crippen LogP contribution in [-0.4, -0.2) is 61.0 Å². The highest BCUT2D eigenvalue weighted by Crippen LogP contribution is 2.39. The maximum absolute atomic E-state index is 13.1. The number of aromatic nitrogens is 3. The van der Waals surface area contributed by atoms with Crippen molar-refractivity contribution in [2.75, 3.05) is 5.75 Å². The Morgan fingerprint density at radius 2 is 1.67 bits per heavy atom. The first kappa shape index (κ1) is 35.1. The SMILES string of the molecule is O=C(NC1CC(=O)N(Cc2cccc(-c3ccc([C@@H]4O[C@H](CSc5ncn[nH]5)C[C@H](c5ccc(CO)cc5)O4)cc3)c2)C1=O)OCc1ccccc1. The van der Waals surface area contributed by atoms with E-state index in [4.69, 9.17) is 14.2 Å². The number of aromatic amines is 1. The molecule has 2 aliphatic rings. The van der Waals surface area contributed by atoms with E-state index in [0.717, 1.165) is 44.1 Å². The molecule has 0 radical (unpaired) electrons. The van der Waals surface area contributed by atoms with Gasteiger partial charge in [-0.05, 0) is 39.4 Å². The molecule has 2 saturated heterocycles. The number of aliphatic hydroxyl groups excluding tert-OH is 1.